The van der Waals surface area contributed by atoms with Crippen LogP contribution in [0, 0.1) is 5.92 Å². The topological polar surface area (TPSA) is 102 Å². The number of amides is 3. The van der Waals surface area contributed by atoms with E-state index in [-0.39, 0.29) is 17.9 Å². The summed E-state index contributed by atoms with van der Waals surface area (Å²) < 4.78 is 4.93. The number of nitrogens with two attached hydrogens (primary N) is 1. The Morgan fingerprint density at radius 3 is 2.64 bits per heavy atom. The molecule has 136 valence electrons. The lowest BCUT2D eigenvalue weighted by Gasteiger charge is -2.32. The molecule has 0 bridgehead atoms. The Bertz CT molecular complexity index is 615. The van der Waals surface area contributed by atoms with E-state index in [4.69, 9.17) is 10.5 Å². The number of hydrogen-bond donors (Lipinski definition) is 2. The van der Waals surface area contributed by atoms with Crippen LogP contribution in [0.15, 0.2) is 24.3 Å². The van der Waals surface area contributed by atoms with Crippen molar-refractivity contribution in [3.05, 3.63) is 29.8 Å². The molecule has 1 aromatic rings. The standard InChI is InChI=1S/C18H25N3O4/c1-2-25-17(23)14-6-8-15(9-7-14)20-18(24)21-11-3-4-13(12-21)5-10-16(19)22/h6-9,13H,2-5,10-12H2,1H3,(H2,19,22)(H,20,24)/t13-/m0/s1. The maximum absolute atomic E-state index is 12.4. The number of benzene rings is 1. The van der Waals surface area contributed by atoms with Crippen LogP contribution in [0.25, 0.3) is 0 Å². The second-order valence-electron chi connectivity index (χ2n) is 6.19. The number of primary amides is 1. The number of carbonyl (C=O) groups is 3. The van der Waals surface area contributed by atoms with Crippen molar-refractivity contribution >= 4 is 23.6 Å². The molecule has 0 unspecified atom stereocenters. The van der Waals surface area contributed by atoms with Gasteiger partial charge in [0, 0.05) is 25.2 Å². The Labute approximate surface area is 147 Å². The third kappa shape index (κ3) is 5.77. The van der Waals surface area contributed by atoms with Gasteiger partial charge in [0.1, 0.15) is 0 Å². The van der Waals surface area contributed by atoms with Crippen LogP contribution in [0.5, 0.6) is 0 Å². The van der Waals surface area contributed by atoms with Crippen LogP contribution >= 0.6 is 0 Å². The van der Waals surface area contributed by atoms with Crippen LogP contribution < -0.4 is 11.1 Å². The maximum atomic E-state index is 12.4. The van der Waals surface area contributed by atoms with E-state index in [1.54, 1.807) is 36.1 Å². The smallest absolute Gasteiger partial charge is 0.338 e. The molecule has 1 aliphatic rings. The monoisotopic (exact) mass is 347 g/mol. The molecular formula is C18H25N3O4. The van der Waals surface area contributed by atoms with Gasteiger partial charge in [-0.1, -0.05) is 0 Å². The molecule has 3 amide bonds. The summed E-state index contributed by atoms with van der Waals surface area (Å²) in [5, 5.41) is 2.84. The highest BCUT2D eigenvalue weighted by atomic mass is 16.5. The molecule has 0 saturated carbocycles. The molecule has 0 spiro atoms. The minimum atomic E-state index is -0.381. The fourth-order valence-corrected chi connectivity index (χ4v) is 2.94. The van der Waals surface area contributed by atoms with Crippen molar-refractivity contribution in [2.24, 2.45) is 11.7 Å². The summed E-state index contributed by atoms with van der Waals surface area (Å²) in [7, 11) is 0. The van der Waals surface area contributed by atoms with E-state index in [9.17, 15) is 14.4 Å². The zero-order valence-corrected chi connectivity index (χ0v) is 14.5. The highest BCUT2D eigenvalue weighted by molar-refractivity contribution is 5.92. The second kappa shape index (κ2) is 9.05. The number of nitrogens with zero attached hydrogens (tertiary/aromatic N) is 1. The van der Waals surface area contributed by atoms with Gasteiger partial charge in [-0.05, 0) is 56.4 Å². The first kappa shape index (κ1) is 18.8. The van der Waals surface area contributed by atoms with Crippen LogP contribution in [0.2, 0.25) is 0 Å². The number of urea groups is 1. The summed E-state index contributed by atoms with van der Waals surface area (Å²) in [5.41, 5.74) is 6.26. The Morgan fingerprint density at radius 2 is 2.00 bits per heavy atom. The molecular weight excluding hydrogens is 322 g/mol. The van der Waals surface area contributed by atoms with Gasteiger partial charge in [0.25, 0.3) is 0 Å². The maximum Gasteiger partial charge on any atom is 0.338 e. The van der Waals surface area contributed by atoms with Gasteiger partial charge in [0.05, 0.1) is 12.2 Å². The number of anilines is 1. The van der Waals surface area contributed by atoms with E-state index in [0.717, 1.165) is 12.8 Å². The predicted octanol–water partition coefficient (Wildman–Crippen LogP) is 2.37. The zero-order valence-electron chi connectivity index (χ0n) is 14.5. The molecule has 1 aromatic carbocycles. The molecule has 0 aromatic heterocycles. The fraction of sp³-hybridized carbons (Fsp3) is 0.500. The number of nitrogens with one attached hydrogen (secondary N) is 1. The van der Waals surface area contributed by atoms with E-state index in [1.807, 2.05) is 0 Å². The van der Waals surface area contributed by atoms with Gasteiger partial charge in [0.15, 0.2) is 0 Å². The third-order valence-corrected chi connectivity index (χ3v) is 4.25. The van der Waals surface area contributed by atoms with Crippen LogP contribution in [0.1, 0.15) is 43.0 Å². The van der Waals surface area contributed by atoms with Crippen molar-refractivity contribution in [2.75, 3.05) is 25.0 Å². The molecule has 7 nitrogen and oxygen atoms in total. The van der Waals surface area contributed by atoms with E-state index >= 15 is 0 Å². The lowest BCUT2D eigenvalue weighted by molar-refractivity contribution is -0.118. The first-order valence-corrected chi connectivity index (χ1v) is 8.61. The fourth-order valence-electron chi connectivity index (χ4n) is 2.94. The summed E-state index contributed by atoms with van der Waals surface area (Å²) in [6, 6.07) is 6.43. The molecule has 1 atom stereocenters. The lowest BCUT2D eigenvalue weighted by atomic mass is 9.93. The molecule has 0 radical (unpaired) electrons. The number of carbonyl (C=O) groups excluding carboxylic acids is 3. The first-order valence-electron chi connectivity index (χ1n) is 8.61. The Hall–Kier alpha value is -2.57. The van der Waals surface area contributed by atoms with Crippen LogP contribution in [-0.2, 0) is 9.53 Å². The summed E-state index contributed by atoms with van der Waals surface area (Å²) in [6.07, 6.45) is 2.99. The molecule has 0 aliphatic carbocycles. The molecule has 25 heavy (non-hydrogen) atoms. The van der Waals surface area contributed by atoms with Gasteiger partial charge < -0.3 is 20.7 Å². The normalized spacial score (nSPS) is 17.0. The summed E-state index contributed by atoms with van der Waals surface area (Å²) in [4.78, 5) is 36.7. The highest BCUT2D eigenvalue weighted by Gasteiger charge is 2.24. The van der Waals surface area contributed by atoms with Crippen molar-refractivity contribution in [3.63, 3.8) is 0 Å². The number of piperidine rings is 1. The summed E-state index contributed by atoms with van der Waals surface area (Å²) >= 11 is 0. The Balaban J connectivity index is 1.88. The Morgan fingerprint density at radius 1 is 1.28 bits per heavy atom. The molecule has 1 saturated heterocycles. The van der Waals surface area contributed by atoms with Crippen molar-refractivity contribution < 1.29 is 19.1 Å². The quantitative estimate of drug-likeness (QED) is 0.771. The number of rotatable bonds is 6. The zero-order chi connectivity index (χ0) is 18.2. The van der Waals surface area contributed by atoms with Crippen LogP contribution in [0.4, 0.5) is 10.5 Å². The van der Waals surface area contributed by atoms with Crippen molar-refractivity contribution in [1.82, 2.24) is 4.90 Å². The van der Waals surface area contributed by atoms with E-state index in [1.165, 1.54) is 0 Å². The van der Waals surface area contributed by atoms with Crippen LogP contribution in [-0.4, -0.2) is 42.5 Å². The van der Waals surface area contributed by atoms with Gasteiger partial charge >= 0.3 is 12.0 Å². The predicted molar refractivity (Wildman–Crippen MR) is 94.1 cm³/mol. The number of hydrogen-bond acceptors (Lipinski definition) is 4. The highest BCUT2D eigenvalue weighted by Crippen LogP contribution is 2.22. The minimum absolute atomic E-state index is 0.173. The SMILES string of the molecule is CCOC(=O)c1ccc(NC(=O)N2CCC[C@@H](CCC(N)=O)C2)cc1. The van der Waals surface area contributed by atoms with Gasteiger partial charge in [-0.15, -0.1) is 0 Å². The molecule has 7 heteroatoms. The molecule has 1 aliphatic heterocycles. The minimum Gasteiger partial charge on any atom is -0.462 e. The third-order valence-electron chi connectivity index (χ3n) is 4.25. The van der Waals surface area contributed by atoms with Gasteiger partial charge in [0.2, 0.25) is 5.91 Å². The lowest BCUT2D eigenvalue weighted by Crippen LogP contribution is -2.42. The molecule has 1 fully saturated rings. The molecule has 2 rings (SSSR count). The number of esters is 1. The Kier molecular flexibility index (Phi) is 6.80. The second-order valence-corrected chi connectivity index (χ2v) is 6.19. The number of likely N-dealkylation sites (tertiary alicyclic amines) is 1. The van der Waals surface area contributed by atoms with Gasteiger partial charge in [-0.3, -0.25) is 4.79 Å². The van der Waals surface area contributed by atoms with Gasteiger partial charge in [-0.2, -0.15) is 0 Å². The number of ether oxygens (including phenoxy) is 1. The molecule has 1 heterocycles. The van der Waals surface area contributed by atoms with Gasteiger partial charge in [-0.25, -0.2) is 9.59 Å². The summed E-state index contributed by atoms with van der Waals surface area (Å²) in [5.74, 6) is -0.379. The van der Waals surface area contributed by atoms with Crippen LogP contribution in [0.3, 0.4) is 0 Å². The van der Waals surface area contributed by atoms with Crippen molar-refractivity contribution in [3.8, 4) is 0 Å². The van der Waals surface area contributed by atoms with E-state index in [2.05, 4.69) is 5.32 Å². The molecule has 3 N–H and O–H groups in total. The summed E-state index contributed by atoms with van der Waals surface area (Å²) in [6.45, 7) is 3.39. The van der Waals surface area contributed by atoms with Crippen molar-refractivity contribution in [2.45, 2.75) is 32.6 Å². The van der Waals surface area contributed by atoms with E-state index in [0.29, 0.717) is 49.7 Å². The largest absolute Gasteiger partial charge is 0.462 e. The average Bonchev–Trinajstić information content (AvgIpc) is 2.61. The average molecular weight is 347 g/mol. The first-order chi connectivity index (χ1) is 12.0. The van der Waals surface area contributed by atoms with E-state index < -0.39 is 0 Å². The van der Waals surface area contributed by atoms with Crippen molar-refractivity contribution in [1.29, 1.82) is 0 Å².